The van der Waals surface area contributed by atoms with Crippen molar-refractivity contribution in [3.05, 3.63) is 71.3 Å². The van der Waals surface area contributed by atoms with Gasteiger partial charge >= 0.3 is 12.0 Å². The van der Waals surface area contributed by atoms with E-state index in [0.29, 0.717) is 5.56 Å². The average molecular weight is 423 g/mol. The summed E-state index contributed by atoms with van der Waals surface area (Å²) in [5, 5.41) is 5.36. The van der Waals surface area contributed by atoms with Gasteiger partial charge in [-0.25, -0.2) is 4.79 Å². The van der Waals surface area contributed by atoms with E-state index in [1.807, 2.05) is 56.3 Å². The Morgan fingerprint density at radius 3 is 2.39 bits per heavy atom. The van der Waals surface area contributed by atoms with Crippen molar-refractivity contribution in [1.82, 2.24) is 15.5 Å². The number of nitrogens with zero attached hydrogens (tertiary/aromatic N) is 1. The molecule has 0 radical (unpaired) electrons. The summed E-state index contributed by atoms with van der Waals surface area (Å²) in [5.74, 6) is -1.88. The second-order valence-corrected chi connectivity index (χ2v) is 7.67. The third-order valence-corrected chi connectivity index (χ3v) is 5.23. The van der Waals surface area contributed by atoms with Gasteiger partial charge in [-0.1, -0.05) is 60.2 Å². The second-order valence-electron chi connectivity index (χ2n) is 7.67. The van der Waals surface area contributed by atoms with Gasteiger partial charge in [0.05, 0.1) is 6.04 Å². The van der Waals surface area contributed by atoms with Crippen molar-refractivity contribution in [3.8, 4) is 0 Å². The fourth-order valence-electron chi connectivity index (χ4n) is 3.35. The molecule has 1 heterocycles. The van der Waals surface area contributed by atoms with Crippen molar-refractivity contribution >= 4 is 23.8 Å². The first-order valence-electron chi connectivity index (χ1n) is 9.92. The molecule has 1 saturated heterocycles. The molecule has 31 heavy (non-hydrogen) atoms. The van der Waals surface area contributed by atoms with E-state index in [4.69, 9.17) is 4.74 Å². The second kappa shape index (κ2) is 8.99. The Bertz CT molecular complexity index is 990. The van der Waals surface area contributed by atoms with Crippen LogP contribution in [0.4, 0.5) is 4.79 Å². The number of rotatable bonds is 7. The Kier molecular flexibility index (Phi) is 6.39. The lowest BCUT2D eigenvalue weighted by Gasteiger charge is -2.22. The Labute approximate surface area is 180 Å². The Morgan fingerprint density at radius 1 is 1.10 bits per heavy atom. The zero-order chi connectivity index (χ0) is 22.6. The van der Waals surface area contributed by atoms with E-state index in [2.05, 4.69) is 10.6 Å². The normalized spacial score (nSPS) is 19.0. The Hall–Kier alpha value is -3.68. The monoisotopic (exact) mass is 423 g/mol. The molecular weight excluding hydrogens is 398 g/mol. The number of aryl methyl sites for hydroxylation is 1. The Balaban J connectivity index is 1.54. The minimum atomic E-state index is -1.27. The number of urea groups is 1. The zero-order valence-corrected chi connectivity index (χ0v) is 17.7. The molecular formula is C23H25N3O5. The van der Waals surface area contributed by atoms with Gasteiger partial charge in [0, 0.05) is 0 Å². The van der Waals surface area contributed by atoms with Crippen molar-refractivity contribution in [2.24, 2.45) is 0 Å². The topological polar surface area (TPSA) is 105 Å². The Morgan fingerprint density at radius 2 is 1.74 bits per heavy atom. The lowest BCUT2D eigenvalue weighted by Crippen LogP contribution is -2.42. The summed E-state index contributed by atoms with van der Waals surface area (Å²) >= 11 is 0. The molecule has 1 aliphatic heterocycles. The molecule has 2 aromatic rings. The van der Waals surface area contributed by atoms with E-state index >= 15 is 0 Å². The fraction of sp³-hybridized carbons (Fsp3) is 0.304. The number of nitrogens with one attached hydrogen (secondary N) is 2. The van der Waals surface area contributed by atoms with Gasteiger partial charge in [0.25, 0.3) is 11.8 Å². The fourth-order valence-corrected chi connectivity index (χ4v) is 3.35. The predicted molar refractivity (Wildman–Crippen MR) is 113 cm³/mol. The lowest BCUT2D eigenvalue weighted by atomic mass is 9.91. The smallest absolute Gasteiger partial charge is 0.326 e. The molecule has 4 amide bonds. The average Bonchev–Trinajstić information content (AvgIpc) is 2.97. The SMILES string of the molecule is Cc1ccc([C@]2(C)NC(=O)N(CC(=O)OCC(=O)N[C@@H](C)c3ccccc3)C2=O)cc1. The minimum Gasteiger partial charge on any atom is -0.454 e. The first-order valence-corrected chi connectivity index (χ1v) is 9.92. The molecule has 2 N–H and O–H groups in total. The number of hydrogen-bond donors (Lipinski definition) is 2. The number of ether oxygens (including phenoxy) is 1. The third kappa shape index (κ3) is 4.91. The maximum atomic E-state index is 12.9. The number of carbonyl (C=O) groups excluding carboxylic acids is 4. The van der Waals surface area contributed by atoms with Crippen LogP contribution in [0.5, 0.6) is 0 Å². The number of carbonyl (C=O) groups is 4. The van der Waals surface area contributed by atoms with Gasteiger partial charge in [-0.2, -0.15) is 0 Å². The van der Waals surface area contributed by atoms with E-state index in [0.717, 1.165) is 16.0 Å². The van der Waals surface area contributed by atoms with Crippen LogP contribution < -0.4 is 10.6 Å². The predicted octanol–water partition coefficient (Wildman–Crippen LogP) is 2.18. The van der Waals surface area contributed by atoms with Crippen LogP contribution in [0.3, 0.4) is 0 Å². The van der Waals surface area contributed by atoms with Crippen LogP contribution >= 0.6 is 0 Å². The molecule has 0 unspecified atom stereocenters. The molecule has 2 atom stereocenters. The standard InChI is InChI=1S/C23H25N3O5/c1-15-9-11-18(12-10-15)23(3)21(29)26(22(30)25-23)13-20(28)31-14-19(27)24-16(2)17-7-5-4-6-8-17/h4-12,16H,13-14H2,1-3H3,(H,24,27)(H,25,30)/t16-,23-/m0/s1. The van der Waals surface area contributed by atoms with Gasteiger partial charge in [0.2, 0.25) is 0 Å². The third-order valence-electron chi connectivity index (χ3n) is 5.23. The quantitative estimate of drug-likeness (QED) is 0.525. The molecule has 0 aliphatic carbocycles. The summed E-state index contributed by atoms with van der Waals surface area (Å²) in [7, 11) is 0. The van der Waals surface area contributed by atoms with Crippen molar-refractivity contribution in [2.75, 3.05) is 13.2 Å². The molecule has 1 fully saturated rings. The van der Waals surface area contributed by atoms with Gasteiger partial charge < -0.3 is 15.4 Å². The summed E-state index contributed by atoms with van der Waals surface area (Å²) in [6.07, 6.45) is 0. The summed E-state index contributed by atoms with van der Waals surface area (Å²) in [6, 6.07) is 15.6. The number of hydrogen-bond acceptors (Lipinski definition) is 5. The first-order chi connectivity index (χ1) is 14.7. The van der Waals surface area contributed by atoms with Crippen LogP contribution in [0.25, 0.3) is 0 Å². The highest BCUT2D eigenvalue weighted by Gasteiger charge is 2.49. The van der Waals surface area contributed by atoms with Gasteiger partial charge in [-0.3, -0.25) is 19.3 Å². The van der Waals surface area contributed by atoms with E-state index in [-0.39, 0.29) is 6.04 Å². The molecule has 2 aromatic carbocycles. The van der Waals surface area contributed by atoms with E-state index in [1.54, 1.807) is 19.1 Å². The zero-order valence-electron chi connectivity index (χ0n) is 17.7. The molecule has 0 bridgehead atoms. The molecule has 0 aromatic heterocycles. The van der Waals surface area contributed by atoms with Gasteiger partial charge in [-0.15, -0.1) is 0 Å². The van der Waals surface area contributed by atoms with Crippen molar-refractivity contribution in [2.45, 2.75) is 32.4 Å². The maximum absolute atomic E-state index is 12.9. The van der Waals surface area contributed by atoms with Crippen LogP contribution in [0.15, 0.2) is 54.6 Å². The molecule has 162 valence electrons. The van der Waals surface area contributed by atoms with Gasteiger partial charge in [-0.05, 0) is 31.9 Å². The molecule has 8 heteroatoms. The van der Waals surface area contributed by atoms with Crippen LogP contribution in [-0.4, -0.2) is 41.9 Å². The van der Waals surface area contributed by atoms with Crippen LogP contribution in [0, 0.1) is 6.92 Å². The maximum Gasteiger partial charge on any atom is 0.326 e. The molecule has 8 nitrogen and oxygen atoms in total. The molecule has 0 spiro atoms. The van der Waals surface area contributed by atoms with Crippen molar-refractivity contribution in [3.63, 3.8) is 0 Å². The number of imide groups is 1. The van der Waals surface area contributed by atoms with Crippen LogP contribution in [0.2, 0.25) is 0 Å². The summed E-state index contributed by atoms with van der Waals surface area (Å²) < 4.78 is 4.96. The summed E-state index contributed by atoms with van der Waals surface area (Å²) in [5.41, 5.74) is 1.27. The lowest BCUT2D eigenvalue weighted by molar-refractivity contribution is -0.151. The highest BCUT2D eigenvalue weighted by Crippen LogP contribution is 2.28. The van der Waals surface area contributed by atoms with E-state index < -0.39 is 42.5 Å². The van der Waals surface area contributed by atoms with Crippen molar-refractivity contribution < 1.29 is 23.9 Å². The first kappa shape index (κ1) is 22.0. The molecule has 1 aliphatic rings. The van der Waals surface area contributed by atoms with Gasteiger partial charge in [0.15, 0.2) is 6.61 Å². The highest BCUT2D eigenvalue weighted by molar-refractivity contribution is 6.08. The van der Waals surface area contributed by atoms with Gasteiger partial charge in [0.1, 0.15) is 12.1 Å². The van der Waals surface area contributed by atoms with Crippen molar-refractivity contribution in [1.29, 1.82) is 0 Å². The molecule has 0 saturated carbocycles. The summed E-state index contributed by atoms with van der Waals surface area (Å²) in [4.78, 5) is 50.2. The number of amides is 4. The van der Waals surface area contributed by atoms with Crippen LogP contribution in [0.1, 0.15) is 36.6 Å². The van der Waals surface area contributed by atoms with E-state index in [9.17, 15) is 19.2 Å². The number of benzene rings is 2. The van der Waals surface area contributed by atoms with Crippen LogP contribution in [-0.2, 0) is 24.7 Å². The molecule has 3 rings (SSSR count). The van der Waals surface area contributed by atoms with E-state index in [1.165, 1.54) is 0 Å². The number of esters is 1. The summed E-state index contributed by atoms with van der Waals surface area (Å²) in [6.45, 7) is 4.23. The largest absolute Gasteiger partial charge is 0.454 e. The highest BCUT2D eigenvalue weighted by atomic mass is 16.5. The minimum absolute atomic E-state index is 0.256.